The van der Waals surface area contributed by atoms with E-state index in [0.717, 1.165) is 0 Å². The molecule has 0 amide bonds. The molecule has 1 heterocycles. The second-order valence-corrected chi connectivity index (χ2v) is 5.32. The maximum absolute atomic E-state index is 11.8. The van der Waals surface area contributed by atoms with E-state index in [9.17, 15) is 9.59 Å². The molecule has 102 valence electrons. The maximum atomic E-state index is 11.8. The lowest BCUT2D eigenvalue weighted by atomic mass is 9.93. The number of ether oxygens (including phenoxy) is 2. The summed E-state index contributed by atoms with van der Waals surface area (Å²) in [5, 5.41) is 8.90. The summed E-state index contributed by atoms with van der Waals surface area (Å²) >= 11 is 3.28. The van der Waals surface area contributed by atoms with Gasteiger partial charge in [-0.1, -0.05) is 13.8 Å². The molecule has 0 radical (unpaired) electrons. The molecule has 0 saturated heterocycles. The molecule has 0 aromatic heterocycles. The quantitative estimate of drug-likeness (QED) is 0.682. The highest BCUT2D eigenvalue weighted by atomic mass is 79.9. The predicted octanol–water partition coefficient (Wildman–Crippen LogP) is 2.61. The van der Waals surface area contributed by atoms with Crippen LogP contribution in [0, 0.1) is 0 Å². The van der Waals surface area contributed by atoms with Gasteiger partial charge in [0.1, 0.15) is 13.2 Å². The van der Waals surface area contributed by atoms with Crippen LogP contribution in [0.25, 0.3) is 0 Å². The van der Waals surface area contributed by atoms with E-state index in [1.165, 1.54) is 6.07 Å². The number of hydrogen-bond acceptors (Lipinski definition) is 4. The van der Waals surface area contributed by atoms with Crippen molar-refractivity contribution in [1.82, 2.24) is 0 Å². The van der Waals surface area contributed by atoms with Crippen LogP contribution in [0.15, 0.2) is 10.5 Å². The minimum Gasteiger partial charge on any atom is -0.486 e. The van der Waals surface area contributed by atoms with Gasteiger partial charge in [-0.3, -0.25) is 4.79 Å². The Balaban J connectivity index is 2.70. The molecule has 6 heteroatoms. The van der Waals surface area contributed by atoms with E-state index < -0.39 is 11.8 Å². The second-order valence-electron chi connectivity index (χ2n) is 4.46. The number of ketones is 1. The van der Waals surface area contributed by atoms with E-state index in [2.05, 4.69) is 15.9 Å². The molecule has 1 aromatic rings. The van der Waals surface area contributed by atoms with E-state index in [0.29, 0.717) is 34.7 Å². The van der Waals surface area contributed by atoms with Crippen LogP contribution < -0.4 is 9.47 Å². The van der Waals surface area contributed by atoms with Gasteiger partial charge in [0.05, 0.1) is 4.47 Å². The first-order chi connectivity index (χ1) is 8.93. The van der Waals surface area contributed by atoms with Crippen LogP contribution in [-0.2, 0) is 4.79 Å². The van der Waals surface area contributed by atoms with Gasteiger partial charge in [-0.05, 0) is 27.9 Å². The van der Waals surface area contributed by atoms with Gasteiger partial charge in [-0.25, -0.2) is 4.79 Å². The Bertz CT molecular complexity index is 550. The second kappa shape index (κ2) is 5.21. The molecule has 0 spiro atoms. The van der Waals surface area contributed by atoms with Gasteiger partial charge in [0.2, 0.25) is 0 Å². The van der Waals surface area contributed by atoms with Gasteiger partial charge in [0.15, 0.2) is 11.5 Å². The van der Waals surface area contributed by atoms with Gasteiger partial charge in [0.25, 0.3) is 5.78 Å². The molecule has 1 aliphatic rings. The Kier molecular flexibility index (Phi) is 3.80. The highest BCUT2D eigenvalue weighted by molar-refractivity contribution is 9.10. The smallest absolute Gasteiger partial charge is 0.377 e. The van der Waals surface area contributed by atoms with Crippen LogP contribution in [0.1, 0.15) is 35.7 Å². The summed E-state index contributed by atoms with van der Waals surface area (Å²) in [6.45, 7) is 4.56. The Morgan fingerprint density at radius 2 is 1.84 bits per heavy atom. The number of carboxylic acids is 1. The zero-order valence-corrected chi connectivity index (χ0v) is 12.1. The van der Waals surface area contributed by atoms with Crippen molar-refractivity contribution in [2.75, 3.05) is 13.2 Å². The summed E-state index contributed by atoms with van der Waals surface area (Å²) in [6.07, 6.45) is 0. The van der Waals surface area contributed by atoms with Crippen molar-refractivity contribution in [2.24, 2.45) is 0 Å². The molecule has 0 fully saturated rings. The minimum absolute atomic E-state index is 0.0538. The summed E-state index contributed by atoms with van der Waals surface area (Å²) in [5.74, 6) is -1.49. The first-order valence-corrected chi connectivity index (χ1v) is 6.62. The van der Waals surface area contributed by atoms with Crippen LogP contribution in [-0.4, -0.2) is 30.1 Å². The normalized spacial score (nSPS) is 13.5. The van der Waals surface area contributed by atoms with E-state index >= 15 is 0 Å². The van der Waals surface area contributed by atoms with Crippen molar-refractivity contribution in [2.45, 2.75) is 19.8 Å². The SMILES string of the molecule is CC(C)c1c(C(=O)C(=O)O)cc(Br)c2c1OCCO2. The molecule has 2 rings (SSSR count). The molecule has 1 aliphatic heterocycles. The molecular formula is C13H13BrO5. The molecule has 1 N–H and O–H groups in total. The fourth-order valence-corrected chi connectivity index (χ4v) is 2.59. The number of rotatable bonds is 3. The molecule has 19 heavy (non-hydrogen) atoms. The van der Waals surface area contributed by atoms with E-state index in [-0.39, 0.29) is 11.5 Å². The standard InChI is InChI=1S/C13H13BrO5/c1-6(2)9-7(10(15)13(16)17)5-8(14)11-12(9)19-4-3-18-11/h5-6H,3-4H2,1-2H3,(H,16,17). The third-order valence-electron chi connectivity index (χ3n) is 2.82. The lowest BCUT2D eigenvalue weighted by Gasteiger charge is -2.25. The highest BCUT2D eigenvalue weighted by Crippen LogP contribution is 2.45. The monoisotopic (exact) mass is 328 g/mol. The van der Waals surface area contributed by atoms with Gasteiger partial charge in [0, 0.05) is 11.1 Å². The third kappa shape index (κ3) is 2.45. The van der Waals surface area contributed by atoms with Crippen molar-refractivity contribution >= 4 is 27.7 Å². The fourth-order valence-electron chi connectivity index (χ4n) is 2.06. The van der Waals surface area contributed by atoms with Crippen molar-refractivity contribution in [1.29, 1.82) is 0 Å². The zero-order valence-electron chi connectivity index (χ0n) is 10.5. The zero-order chi connectivity index (χ0) is 14.2. The van der Waals surface area contributed by atoms with E-state index in [4.69, 9.17) is 14.6 Å². The molecule has 5 nitrogen and oxygen atoms in total. The van der Waals surface area contributed by atoms with Crippen LogP contribution in [0.2, 0.25) is 0 Å². The number of Topliss-reactive ketones (excluding diaryl/α,β-unsaturated/α-hetero) is 1. The van der Waals surface area contributed by atoms with Gasteiger partial charge in [-0.15, -0.1) is 0 Å². The lowest BCUT2D eigenvalue weighted by molar-refractivity contribution is -0.131. The molecule has 0 saturated carbocycles. The average molecular weight is 329 g/mol. The Labute approximate surface area is 118 Å². The molecule has 0 unspecified atom stereocenters. The van der Waals surface area contributed by atoms with E-state index in [1.807, 2.05) is 13.8 Å². The first kappa shape index (κ1) is 13.9. The van der Waals surface area contributed by atoms with Crippen LogP contribution >= 0.6 is 15.9 Å². The fraction of sp³-hybridized carbons (Fsp3) is 0.385. The van der Waals surface area contributed by atoms with E-state index in [1.54, 1.807) is 0 Å². The number of carboxylic acid groups (broad SMARTS) is 1. The summed E-state index contributed by atoms with van der Waals surface area (Å²) in [6, 6.07) is 1.49. The Morgan fingerprint density at radius 1 is 1.26 bits per heavy atom. The number of aliphatic carboxylic acids is 1. The topological polar surface area (TPSA) is 72.8 Å². The molecule has 1 aromatic carbocycles. The number of fused-ring (bicyclic) bond motifs is 1. The third-order valence-corrected chi connectivity index (χ3v) is 3.41. The predicted molar refractivity (Wildman–Crippen MR) is 71.2 cm³/mol. The van der Waals surface area contributed by atoms with Crippen LogP contribution in [0.3, 0.4) is 0 Å². The maximum Gasteiger partial charge on any atom is 0.377 e. The van der Waals surface area contributed by atoms with Crippen molar-refractivity contribution in [3.05, 3.63) is 21.7 Å². The lowest BCUT2D eigenvalue weighted by Crippen LogP contribution is -2.21. The summed E-state index contributed by atoms with van der Waals surface area (Å²) in [5.41, 5.74) is 0.712. The van der Waals surface area contributed by atoms with Gasteiger partial charge in [-0.2, -0.15) is 0 Å². The number of halogens is 1. The number of hydrogen-bond donors (Lipinski definition) is 1. The first-order valence-electron chi connectivity index (χ1n) is 5.83. The number of carbonyl (C=O) groups excluding carboxylic acids is 1. The van der Waals surface area contributed by atoms with Gasteiger partial charge < -0.3 is 14.6 Å². The molecule has 0 bridgehead atoms. The largest absolute Gasteiger partial charge is 0.486 e. The Hall–Kier alpha value is -1.56. The van der Waals surface area contributed by atoms with Crippen LogP contribution in [0.4, 0.5) is 0 Å². The molecular weight excluding hydrogens is 316 g/mol. The van der Waals surface area contributed by atoms with Gasteiger partial charge >= 0.3 is 5.97 Å². The van der Waals surface area contributed by atoms with Crippen LogP contribution in [0.5, 0.6) is 11.5 Å². The summed E-state index contributed by atoms with van der Waals surface area (Å²) < 4.78 is 11.6. The highest BCUT2D eigenvalue weighted by Gasteiger charge is 2.29. The van der Waals surface area contributed by atoms with Crippen molar-refractivity contribution < 1.29 is 24.2 Å². The molecule has 0 atom stereocenters. The van der Waals surface area contributed by atoms with Crippen molar-refractivity contribution in [3.63, 3.8) is 0 Å². The Morgan fingerprint density at radius 3 is 2.37 bits per heavy atom. The summed E-state index contributed by atoms with van der Waals surface area (Å²) in [7, 11) is 0. The summed E-state index contributed by atoms with van der Waals surface area (Å²) in [4.78, 5) is 22.7. The average Bonchev–Trinajstić information content (AvgIpc) is 2.37. The minimum atomic E-state index is -1.48. The number of carbonyl (C=O) groups is 2. The number of benzene rings is 1. The molecule has 0 aliphatic carbocycles. The van der Waals surface area contributed by atoms with Crippen molar-refractivity contribution in [3.8, 4) is 11.5 Å².